The van der Waals surface area contributed by atoms with Crippen molar-refractivity contribution in [2.75, 3.05) is 25.0 Å². The Balaban J connectivity index is 1.60. The van der Waals surface area contributed by atoms with Crippen LogP contribution < -0.4 is 15.6 Å². The smallest absolute Gasteiger partial charge is 0.287 e. The molecule has 3 rings (SSSR count). The molecule has 0 aliphatic carbocycles. The molecule has 0 saturated carbocycles. The number of aromatic amines is 1. The van der Waals surface area contributed by atoms with Gasteiger partial charge in [-0.3, -0.25) is 9.69 Å². The van der Waals surface area contributed by atoms with Gasteiger partial charge in [-0.25, -0.2) is 18.9 Å². The fourth-order valence-electron chi connectivity index (χ4n) is 2.86. The monoisotopic (exact) mass is 365 g/mol. The SMILES string of the molecule is Cc1cc(Nc2ccc(OC(C)(C)CN3CC(F)(F)C3)cn2)c(=O)[nH]n1. The molecule has 7 nitrogen and oxygen atoms in total. The first-order valence-electron chi connectivity index (χ1n) is 8.21. The number of hydrogen-bond acceptors (Lipinski definition) is 6. The molecule has 1 saturated heterocycles. The molecule has 2 aromatic heterocycles. The van der Waals surface area contributed by atoms with Gasteiger partial charge in [-0.2, -0.15) is 5.10 Å². The van der Waals surface area contributed by atoms with Crippen molar-refractivity contribution < 1.29 is 13.5 Å². The van der Waals surface area contributed by atoms with Crippen LogP contribution in [0.2, 0.25) is 0 Å². The second-order valence-corrected chi connectivity index (χ2v) is 7.12. The molecular formula is C17H21F2N5O2. The zero-order valence-corrected chi connectivity index (χ0v) is 14.8. The number of nitrogens with zero attached hydrogens (tertiary/aromatic N) is 3. The number of aryl methyl sites for hydroxylation is 1. The molecule has 2 N–H and O–H groups in total. The number of rotatable bonds is 6. The summed E-state index contributed by atoms with van der Waals surface area (Å²) in [5.41, 5.74) is 0.0419. The molecular weight excluding hydrogens is 344 g/mol. The third-order valence-corrected chi connectivity index (χ3v) is 3.84. The molecule has 0 bridgehead atoms. The maximum atomic E-state index is 12.9. The average molecular weight is 365 g/mol. The van der Waals surface area contributed by atoms with Gasteiger partial charge >= 0.3 is 0 Å². The van der Waals surface area contributed by atoms with Crippen LogP contribution in [0.1, 0.15) is 19.5 Å². The minimum absolute atomic E-state index is 0.235. The van der Waals surface area contributed by atoms with Gasteiger partial charge in [0.15, 0.2) is 0 Å². The van der Waals surface area contributed by atoms with Gasteiger partial charge in [0.2, 0.25) is 0 Å². The van der Waals surface area contributed by atoms with Crippen molar-refractivity contribution >= 4 is 11.5 Å². The number of ether oxygens (including phenoxy) is 1. The average Bonchev–Trinajstić information content (AvgIpc) is 2.50. The van der Waals surface area contributed by atoms with E-state index in [0.717, 1.165) is 0 Å². The van der Waals surface area contributed by atoms with E-state index >= 15 is 0 Å². The van der Waals surface area contributed by atoms with Crippen molar-refractivity contribution in [3.8, 4) is 5.75 Å². The normalized spacial score (nSPS) is 16.8. The van der Waals surface area contributed by atoms with Crippen LogP contribution in [0.4, 0.5) is 20.3 Å². The van der Waals surface area contributed by atoms with E-state index in [9.17, 15) is 13.6 Å². The Labute approximate surface area is 149 Å². The summed E-state index contributed by atoms with van der Waals surface area (Å²) in [6.07, 6.45) is 1.52. The number of H-pyrrole nitrogens is 1. The molecule has 140 valence electrons. The van der Waals surface area contributed by atoms with Crippen LogP contribution in [-0.4, -0.2) is 51.2 Å². The molecule has 0 aromatic carbocycles. The Morgan fingerprint density at radius 3 is 2.73 bits per heavy atom. The molecule has 0 radical (unpaired) electrons. The Kier molecular flexibility index (Phi) is 4.66. The minimum atomic E-state index is -2.59. The maximum Gasteiger partial charge on any atom is 0.287 e. The number of likely N-dealkylation sites (tertiary alicyclic amines) is 1. The third kappa shape index (κ3) is 4.54. The highest BCUT2D eigenvalue weighted by molar-refractivity contribution is 5.55. The van der Waals surface area contributed by atoms with Crippen molar-refractivity contribution in [2.45, 2.75) is 32.3 Å². The summed E-state index contributed by atoms with van der Waals surface area (Å²) in [7, 11) is 0. The highest BCUT2D eigenvalue weighted by atomic mass is 19.3. The Hall–Kier alpha value is -2.55. The van der Waals surface area contributed by atoms with Crippen LogP contribution in [-0.2, 0) is 0 Å². The van der Waals surface area contributed by atoms with Crippen LogP contribution in [0.25, 0.3) is 0 Å². The van der Waals surface area contributed by atoms with Gasteiger partial charge in [0, 0.05) is 6.54 Å². The largest absolute Gasteiger partial charge is 0.485 e. The van der Waals surface area contributed by atoms with E-state index in [1.54, 1.807) is 30.0 Å². The maximum absolute atomic E-state index is 12.9. The molecule has 26 heavy (non-hydrogen) atoms. The summed E-state index contributed by atoms with van der Waals surface area (Å²) < 4.78 is 31.7. The predicted molar refractivity (Wildman–Crippen MR) is 93.2 cm³/mol. The fourth-order valence-corrected chi connectivity index (χ4v) is 2.86. The lowest BCUT2D eigenvalue weighted by Gasteiger charge is -2.42. The standard InChI is InChI=1S/C17H21F2N5O2/c1-11-6-13(15(25)23-22-11)21-14-5-4-12(7-20-14)26-16(2,3)8-24-9-17(18,19)10-24/h4-7H,8-10H2,1-3H3,(H,23,25)(H,20,21,22). The van der Waals surface area contributed by atoms with Gasteiger partial charge in [-0.15, -0.1) is 0 Å². The third-order valence-electron chi connectivity index (χ3n) is 3.84. The topological polar surface area (TPSA) is 83.1 Å². The van der Waals surface area contributed by atoms with Crippen molar-refractivity contribution in [3.63, 3.8) is 0 Å². The fraction of sp³-hybridized carbons (Fsp3) is 0.471. The van der Waals surface area contributed by atoms with Gasteiger partial charge in [0.1, 0.15) is 22.9 Å². The summed E-state index contributed by atoms with van der Waals surface area (Å²) in [6, 6.07) is 5.01. The molecule has 0 amide bonds. The molecule has 0 unspecified atom stereocenters. The number of alkyl halides is 2. The first-order chi connectivity index (χ1) is 12.1. The zero-order chi connectivity index (χ0) is 18.9. The first-order valence-corrected chi connectivity index (χ1v) is 8.21. The lowest BCUT2D eigenvalue weighted by atomic mass is 10.0. The zero-order valence-electron chi connectivity index (χ0n) is 14.8. The summed E-state index contributed by atoms with van der Waals surface area (Å²) in [5, 5.41) is 9.12. The molecule has 9 heteroatoms. The Morgan fingerprint density at radius 2 is 2.12 bits per heavy atom. The van der Waals surface area contributed by atoms with E-state index in [1.807, 2.05) is 13.8 Å². The van der Waals surface area contributed by atoms with Gasteiger partial charge < -0.3 is 10.1 Å². The molecule has 0 spiro atoms. The van der Waals surface area contributed by atoms with E-state index in [-0.39, 0.29) is 18.6 Å². The van der Waals surface area contributed by atoms with Crippen LogP contribution >= 0.6 is 0 Å². The van der Waals surface area contributed by atoms with Crippen LogP contribution in [0.15, 0.2) is 29.2 Å². The summed E-state index contributed by atoms with van der Waals surface area (Å²) in [4.78, 5) is 17.6. The molecule has 1 aliphatic rings. The summed E-state index contributed by atoms with van der Waals surface area (Å²) in [6.45, 7) is 5.38. The molecule has 2 aromatic rings. The summed E-state index contributed by atoms with van der Waals surface area (Å²) >= 11 is 0. The van der Waals surface area contributed by atoms with Gasteiger partial charge in [-0.1, -0.05) is 0 Å². The number of nitrogens with one attached hydrogen (secondary N) is 2. The van der Waals surface area contributed by atoms with E-state index in [0.29, 0.717) is 29.5 Å². The van der Waals surface area contributed by atoms with E-state index in [1.165, 1.54) is 6.20 Å². The minimum Gasteiger partial charge on any atom is -0.485 e. The highest BCUT2D eigenvalue weighted by Crippen LogP contribution is 2.29. The highest BCUT2D eigenvalue weighted by Gasteiger charge is 2.45. The molecule has 0 atom stereocenters. The van der Waals surface area contributed by atoms with E-state index in [2.05, 4.69) is 20.5 Å². The van der Waals surface area contributed by atoms with Crippen molar-refractivity contribution in [2.24, 2.45) is 0 Å². The summed E-state index contributed by atoms with van der Waals surface area (Å²) in [5.74, 6) is -1.59. The van der Waals surface area contributed by atoms with E-state index in [4.69, 9.17) is 4.74 Å². The van der Waals surface area contributed by atoms with Crippen LogP contribution in [0, 0.1) is 6.92 Å². The van der Waals surface area contributed by atoms with Crippen molar-refractivity contribution in [1.29, 1.82) is 0 Å². The first kappa shape index (κ1) is 18.2. The second-order valence-electron chi connectivity index (χ2n) is 7.12. The lowest BCUT2D eigenvalue weighted by molar-refractivity contribution is -0.144. The second kappa shape index (κ2) is 6.64. The van der Waals surface area contributed by atoms with Crippen LogP contribution in [0.3, 0.4) is 0 Å². The van der Waals surface area contributed by atoms with Crippen molar-refractivity contribution in [3.05, 3.63) is 40.4 Å². The molecule has 3 heterocycles. The van der Waals surface area contributed by atoms with Crippen molar-refractivity contribution in [1.82, 2.24) is 20.1 Å². The predicted octanol–water partition coefficient (Wildman–Crippen LogP) is 2.33. The van der Waals surface area contributed by atoms with Gasteiger partial charge in [-0.05, 0) is 39.0 Å². The number of hydrogen-bond donors (Lipinski definition) is 2. The number of anilines is 2. The van der Waals surface area contributed by atoms with Gasteiger partial charge in [0.05, 0.1) is 25.0 Å². The molecule has 1 fully saturated rings. The Bertz CT molecular complexity index is 828. The van der Waals surface area contributed by atoms with Gasteiger partial charge in [0.25, 0.3) is 11.5 Å². The van der Waals surface area contributed by atoms with E-state index < -0.39 is 11.5 Å². The number of pyridine rings is 1. The molecule has 1 aliphatic heterocycles. The quantitative estimate of drug-likeness (QED) is 0.818. The number of halogens is 2. The van der Waals surface area contributed by atoms with Crippen LogP contribution in [0.5, 0.6) is 5.75 Å². The number of aromatic nitrogens is 3. The Morgan fingerprint density at radius 1 is 1.38 bits per heavy atom. The lowest BCUT2D eigenvalue weighted by Crippen LogP contribution is -2.60.